The molecule has 7 nitrogen and oxygen atoms in total. The van der Waals surface area contributed by atoms with Gasteiger partial charge in [-0.05, 0) is 39.5 Å². The zero-order chi connectivity index (χ0) is 15.9. The maximum atomic E-state index is 11.5. The van der Waals surface area contributed by atoms with E-state index in [9.17, 15) is 4.79 Å². The van der Waals surface area contributed by atoms with Crippen LogP contribution in [0, 0.1) is 11.3 Å². The third-order valence-corrected chi connectivity index (χ3v) is 2.63. The lowest BCUT2D eigenvalue weighted by molar-refractivity contribution is -0.134. The van der Waals surface area contributed by atoms with Crippen LogP contribution in [0.1, 0.15) is 47.0 Å². The topological polar surface area (TPSA) is 125 Å². The van der Waals surface area contributed by atoms with Crippen molar-refractivity contribution in [1.82, 2.24) is 5.32 Å². The second-order valence-electron chi connectivity index (χ2n) is 5.79. The summed E-state index contributed by atoms with van der Waals surface area (Å²) in [6.45, 7) is 6.50. The molecule has 1 rings (SSSR count). The highest BCUT2D eigenvalue weighted by atomic mass is 16.6. The molecule has 20 heavy (non-hydrogen) atoms. The first kappa shape index (κ1) is 18.2. The van der Waals surface area contributed by atoms with E-state index in [1.165, 1.54) is 0 Å². The molecule has 0 spiro atoms. The van der Waals surface area contributed by atoms with Gasteiger partial charge in [-0.2, -0.15) is 0 Å². The molecule has 0 aromatic rings. The molecule has 0 heterocycles. The maximum Gasteiger partial charge on any atom is 0.408 e. The molecule has 0 aliphatic heterocycles. The second-order valence-corrected chi connectivity index (χ2v) is 5.79. The molecular weight excluding hydrogens is 262 g/mol. The fraction of sp³-hybridized carbons (Fsp3) is 0.769. The number of hydrogen-bond acceptors (Lipinski definition) is 4. The fourth-order valence-corrected chi connectivity index (χ4v) is 1.66. The van der Waals surface area contributed by atoms with Crippen molar-refractivity contribution in [2.45, 2.75) is 58.6 Å². The molecule has 1 amide bonds. The lowest BCUT2D eigenvalue weighted by atomic mass is 9.79. The van der Waals surface area contributed by atoms with Gasteiger partial charge in [0, 0.05) is 6.92 Å². The number of nitrogens with one attached hydrogen (secondary N) is 2. The molecule has 1 aliphatic rings. The third kappa shape index (κ3) is 8.34. The van der Waals surface area contributed by atoms with E-state index in [0.29, 0.717) is 5.92 Å². The van der Waals surface area contributed by atoms with Crippen LogP contribution in [-0.4, -0.2) is 34.6 Å². The van der Waals surface area contributed by atoms with Gasteiger partial charge in [0.2, 0.25) is 0 Å². The number of amides is 1. The Morgan fingerprint density at radius 1 is 1.40 bits per heavy atom. The van der Waals surface area contributed by atoms with E-state index in [0.717, 1.165) is 26.2 Å². The van der Waals surface area contributed by atoms with Gasteiger partial charge in [0.15, 0.2) is 0 Å². The fourth-order valence-electron chi connectivity index (χ4n) is 1.66. The summed E-state index contributed by atoms with van der Waals surface area (Å²) in [6.07, 6.45) is 2.67. The van der Waals surface area contributed by atoms with Crippen LogP contribution in [0.15, 0.2) is 0 Å². The third-order valence-electron chi connectivity index (χ3n) is 2.63. The first-order valence-electron chi connectivity index (χ1n) is 6.56. The van der Waals surface area contributed by atoms with Crippen LogP contribution in [0.2, 0.25) is 0 Å². The number of carbonyl (C=O) groups is 2. The Morgan fingerprint density at radius 2 is 1.85 bits per heavy atom. The Hall–Kier alpha value is -1.79. The summed E-state index contributed by atoms with van der Waals surface area (Å²) in [5, 5.41) is 17.5. The van der Waals surface area contributed by atoms with E-state index in [1.807, 2.05) is 0 Å². The van der Waals surface area contributed by atoms with Crippen molar-refractivity contribution in [3.63, 3.8) is 0 Å². The van der Waals surface area contributed by atoms with Crippen LogP contribution < -0.4 is 11.1 Å². The van der Waals surface area contributed by atoms with Gasteiger partial charge in [0.25, 0.3) is 5.97 Å². The molecule has 1 aliphatic carbocycles. The number of carboxylic acids is 1. The molecule has 1 saturated carbocycles. The summed E-state index contributed by atoms with van der Waals surface area (Å²) in [7, 11) is 0. The SMILES string of the molecule is CC(=O)O.CC(C)(C)OC(=O)NC(C(=N)N)C1CCC1. The largest absolute Gasteiger partial charge is 0.481 e. The molecule has 0 bridgehead atoms. The minimum absolute atomic E-state index is 0.00978. The van der Waals surface area contributed by atoms with E-state index >= 15 is 0 Å². The van der Waals surface area contributed by atoms with Crippen molar-refractivity contribution < 1.29 is 19.4 Å². The second kappa shape index (κ2) is 7.72. The first-order chi connectivity index (χ1) is 9.03. The van der Waals surface area contributed by atoms with Crippen LogP contribution in [0.5, 0.6) is 0 Å². The summed E-state index contributed by atoms with van der Waals surface area (Å²) in [5.74, 6) is -0.527. The summed E-state index contributed by atoms with van der Waals surface area (Å²) in [6, 6.07) is -0.372. The van der Waals surface area contributed by atoms with Gasteiger partial charge in [-0.3, -0.25) is 10.2 Å². The molecule has 1 fully saturated rings. The molecule has 0 radical (unpaired) electrons. The van der Waals surface area contributed by atoms with Crippen molar-refractivity contribution in [2.24, 2.45) is 11.7 Å². The standard InChI is InChI=1S/C11H21N3O2.C2H4O2/c1-11(2,3)16-10(15)14-8(9(12)13)7-5-4-6-7;1-2(3)4/h7-8H,4-6H2,1-3H3,(H3,12,13)(H,14,15);1H3,(H,3,4). The Kier molecular flexibility index (Phi) is 7.02. The highest BCUT2D eigenvalue weighted by molar-refractivity contribution is 5.86. The van der Waals surface area contributed by atoms with Crippen LogP contribution in [0.25, 0.3) is 0 Å². The van der Waals surface area contributed by atoms with Gasteiger partial charge < -0.3 is 20.9 Å². The average Bonchev–Trinajstić information content (AvgIpc) is 2.09. The quantitative estimate of drug-likeness (QED) is 0.464. The van der Waals surface area contributed by atoms with Gasteiger partial charge in [0.1, 0.15) is 11.4 Å². The normalized spacial score (nSPS) is 16.0. The predicted molar refractivity (Wildman–Crippen MR) is 75.7 cm³/mol. The zero-order valence-corrected chi connectivity index (χ0v) is 12.5. The molecule has 1 unspecified atom stereocenters. The van der Waals surface area contributed by atoms with E-state index in [4.69, 9.17) is 25.8 Å². The van der Waals surface area contributed by atoms with Gasteiger partial charge in [-0.25, -0.2) is 4.79 Å². The summed E-state index contributed by atoms with van der Waals surface area (Å²) >= 11 is 0. The van der Waals surface area contributed by atoms with E-state index in [2.05, 4.69) is 5.32 Å². The molecule has 5 N–H and O–H groups in total. The number of alkyl carbamates (subject to hydrolysis) is 1. The van der Waals surface area contributed by atoms with Crippen LogP contribution >= 0.6 is 0 Å². The van der Waals surface area contributed by atoms with Crippen molar-refractivity contribution in [3.8, 4) is 0 Å². The minimum Gasteiger partial charge on any atom is -0.481 e. The number of ether oxygens (including phenoxy) is 1. The Labute approximate surface area is 119 Å². The monoisotopic (exact) mass is 287 g/mol. The van der Waals surface area contributed by atoms with E-state index < -0.39 is 17.7 Å². The molecule has 0 aromatic carbocycles. The van der Waals surface area contributed by atoms with Crippen molar-refractivity contribution in [3.05, 3.63) is 0 Å². The summed E-state index contributed by atoms with van der Waals surface area (Å²) < 4.78 is 5.13. The van der Waals surface area contributed by atoms with E-state index in [1.54, 1.807) is 20.8 Å². The molecule has 116 valence electrons. The van der Waals surface area contributed by atoms with Gasteiger partial charge >= 0.3 is 6.09 Å². The van der Waals surface area contributed by atoms with Crippen LogP contribution in [0.4, 0.5) is 4.79 Å². The first-order valence-corrected chi connectivity index (χ1v) is 6.56. The number of carboxylic acid groups (broad SMARTS) is 1. The number of aliphatic carboxylic acids is 1. The average molecular weight is 287 g/mol. The molecule has 1 atom stereocenters. The zero-order valence-electron chi connectivity index (χ0n) is 12.5. The Bertz CT molecular complexity index is 355. The minimum atomic E-state index is -0.833. The Balaban J connectivity index is 0.000000796. The van der Waals surface area contributed by atoms with E-state index in [-0.39, 0.29) is 11.9 Å². The molecule has 7 heteroatoms. The maximum absolute atomic E-state index is 11.5. The highest BCUT2D eigenvalue weighted by Crippen LogP contribution is 2.29. The lowest BCUT2D eigenvalue weighted by Crippen LogP contribution is -2.51. The predicted octanol–water partition coefficient (Wildman–Crippen LogP) is 1.71. The van der Waals surface area contributed by atoms with Crippen LogP contribution in [0.3, 0.4) is 0 Å². The summed E-state index contributed by atoms with van der Waals surface area (Å²) in [4.78, 5) is 20.5. The van der Waals surface area contributed by atoms with Crippen molar-refractivity contribution in [2.75, 3.05) is 0 Å². The van der Waals surface area contributed by atoms with Gasteiger partial charge in [0.05, 0.1) is 6.04 Å². The van der Waals surface area contributed by atoms with Crippen molar-refractivity contribution >= 4 is 17.9 Å². The number of carbonyl (C=O) groups excluding carboxylic acids is 1. The smallest absolute Gasteiger partial charge is 0.408 e. The molecular formula is C13H25N3O4. The lowest BCUT2D eigenvalue weighted by Gasteiger charge is -2.33. The summed E-state index contributed by atoms with van der Waals surface area (Å²) in [5.41, 5.74) is 4.95. The van der Waals surface area contributed by atoms with Crippen molar-refractivity contribution in [1.29, 1.82) is 5.41 Å². The van der Waals surface area contributed by atoms with Crippen LogP contribution in [-0.2, 0) is 9.53 Å². The van der Waals surface area contributed by atoms with Gasteiger partial charge in [-0.15, -0.1) is 0 Å². The number of hydrogen-bond donors (Lipinski definition) is 4. The highest BCUT2D eigenvalue weighted by Gasteiger charge is 2.31. The number of rotatable bonds is 3. The molecule has 0 aromatic heterocycles. The Morgan fingerprint density at radius 3 is 2.10 bits per heavy atom. The number of nitrogens with two attached hydrogens (primary N) is 1. The number of amidine groups is 1. The van der Waals surface area contributed by atoms with Gasteiger partial charge in [-0.1, -0.05) is 6.42 Å². The molecule has 0 saturated heterocycles.